The summed E-state index contributed by atoms with van der Waals surface area (Å²) in [5, 5.41) is 12.0. The molecule has 2 rings (SSSR count). The van der Waals surface area contributed by atoms with E-state index in [0.717, 1.165) is 6.42 Å². The average Bonchev–Trinajstić information content (AvgIpc) is 2.58. The predicted molar refractivity (Wildman–Crippen MR) is 88.8 cm³/mol. The van der Waals surface area contributed by atoms with Crippen molar-refractivity contribution in [1.29, 1.82) is 0 Å². The van der Waals surface area contributed by atoms with Crippen LogP contribution in [-0.4, -0.2) is 47.6 Å². The molecule has 1 unspecified atom stereocenters. The van der Waals surface area contributed by atoms with Crippen molar-refractivity contribution in [2.24, 2.45) is 5.92 Å². The van der Waals surface area contributed by atoms with E-state index in [4.69, 9.17) is 0 Å². The zero-order chi connectivity index (χ0) is 16.7. The maximum Gasteiger partial charge on any atom is 0.223 e. The molecule has 0 spiro atoms. The summed E-state index contributed by atoms with van der Waals surface area (Å²) in [6.45, 7) is 3.21. The van der Waals surface area contributed by atoms with Crippen molar-refractivity contribution >= 4 is 11.8 Å². The normalized spacial score (nSPS) is 16.9. The molecule has 5 nitrogen and oxygen atoms in total. The highest BCUT2D eigenvalue weighted by Gasteiger charge is 2.27. The van der Waals surface area contributed by atoms with Gasteiger partial charge in [-0.15, -0.1) is 0 Å². The molecule has 0 saturated carbocycles. The number of nitrogens with one attached hydrogen (secondary N) is 1. The van der Waals surface area contributed by atoms with Gasteiger partial charge in [-0.2, -0.15) is 0 Å². The molecule has 2 N–H and O–H groups in total. The summed E-state index contributed by atoms with van der Waals surface area (Å²) in [6, 6.07) is 10.0. The molecule has 1 heterocycles. The number of rotatable bonds is 6. The smallest absolute Gasteiger partial charge is 0.223 e. The molecule has 0 aromatic heterocycles. The molecule has 23 heavy (non-hydrogen) atoms. The molecular formula is C18H26N2O3. The quantitative estimate of drug-likeness (QED) is 0.832. The van der Waals surface area contributed by atoms with Crippen LogP contribution in [-0.2, 0) is 16.0 Å². The Morgan fingerprint density at radius 3 is 2.52 bits per heavy atom. The molecule has 1 aromatic carbocycles. The lowest BCUT2D eigenvalue weighted by Crippen LogP contribution is -2.44. The van der Waals surface area contributed by atoms with Crippen LogP contribution in [0.15, 0.2) is 30.3 Å². The fraction of sp³-hybridized carbons (Fsp3) is 0.556. The molecule has 1 saturated heterocycles. The topological polar surface area (TPSA) is 69.6 Å². The van der Waals surface area contributed by atoms with E-state index in [1.54, 1.807) is 6.92 Å². The molecule has 1 atom stereocenters. The van der Waals surface area contributed by atoms with E-state index in [0.29, 0.717) is 32.4 Å². The van der Waals surface area contributed by atoms with Gasteiger partial charge in [-0.3, -0.25) is 9.59 Å². The molecule has 1 fully saturated rings. The average molecular weight is 318 g/mol. The van der Waals surface area contributed by atoms with Crippen molar-refractivity contribution in [3.8, 4) is 0 Å². The van der Waals surface area contributed by atoms with Crippen LogP contribution in [0.3, 0.4) is 0 Å². The Labute approximate surface area is 137 Å². The van der Waals surface area contributed by atoms with Crippen molar-refractivity contribution < 1.29 is 14.7 Å². The van der Waals surface area contributed by atoms with Gasteiger partial charge < -0.3 is 15.3 Å². The summed E-state index contributed by atoms with van der Waals surface area (Å²) in [5.41, 5.74) is 1.17. The molecule has 0 bridgehead atoms. The van der Waals surface area contributed by atoms with Crippen LogP contribution in [0, 0.1) is 5.92 Å². The molecular weight excluding hydrogens is 292 g/mol. The van der Waals surface area contributed by atoms with Crippen molar-refractivity contribution in [1.82, 2.24) is 10.2 Å². The second-order valence-electron chi connectivity index (χ2n) is 6.23. The second-order valence-corrected chi connectivity index (χ2v) is 6.23. The highest BCUT2D eigenvalue weighted by atomic mass is 16.3. The number of aliphatic hydroxyl groups is 1. The van der Waals surface area contributed by atoms with Gasteiger partial charge in [0, 0.05) is 32.0 Å². The molecule has 0 radical (unpaired) electrons. The number of hydrogen-bond acceptors (Lipinski definition) is 3. The Kier molecular flexibility index (Phi) is 6.59. The monoisotopic (exact) mass is 318 g/mol. The van der Waals surface area contributed by atoms with Crippen molar-refractivity contribution in [2.45, 2.75) is 38.7 Å². The first kappa shape index (κ1) is 17.5. The zero-order valence-corrected chi connectivity index (χ0v) is 13.7. The van der Waals surface area contributed by atoms with Crippen LogP contribution >= 0.6 is 0 Å². The van der Waals surface area contributed by atoms with Gasteiger partial charge in [-0.1, -0.05) is 30.3 Å². The SMILES string of the molecule is CC(O)CNC(=O)C1CCN(C(=O)CCc2ccccc2)CC1. The molecule has 1 aliphatic rings. The first-order valence-corrected chi connectivity index (χ1v) is 8.33. The van der Waals surface area contributed by atoms with E-state index in [-0.39, 0.29) is 24.3 Å². The summed E-state index contributed by atoms with van der Waals surface area (Å²) < 4.78 is 0. The Bertz CT molecular complexity index is 508. The van der Waals surface area contributed by atoms with E-state index >= 15 is 0 Å². The number of piperidine rings is 1. The maximum atomic E-state index is 12.3. The lowest BCUT2D eigenvalue weighted by atomic mass is 9.95. The van der Waals surface area contributed by atoms with Crippen LogP contribution in [0.1, 0.15) is 31.7 Å². The van der Waals surface area contributed by atoms with E-state index < -0.39 is 6.10 Å². The first-order chi connectivity index (χ1) is 11.1. The predicted octanol–water partition coefficient (Wildman–Crippen LogP) is 1.35. The van der Waals surface area contributed by atoms with Crippen molar-refractivity contribution in [3.63, 3.8) is 0 Å². The van der Waals surface area contributed by atoms with Gasteiger partial charge in [0.25, 0.3) is 0 Å². The van der Waals surface area contributed by atoms with Gasteiger partial charge in [0.05, 0.1) is 6.10 Å². The first-order valence-electron chi connectivity index (χ1n) is 8.33. The number of hydrogen-bond donors (Lipinski definition) is 2. The summed E-state index contributed by atoms with van der Waals surface area (Å²) >= 11 is 0. The van der Waals surface area contributed by atoms with Crippen LogP contribution in [0.4, 0.5) is 0 Å². The number of amides is 2. The van der Waals surface area contributed by atoms with E-state index in [9.17, 15) is 14.7 Å². The van der Waals surface area contributed by atoms with Crippen molar-refractivity contribution in [2.75, 3.05) is 19.6 Å². The minimum atomic E-state index is -0.529. The Morgan fingerprint density at radius 2 is 1.91 bits per heavy atom. The van der Waals surface area contributed by atoms with Gasteiger partial charge in [-0.25, -0.2) is 0 Å². The van der Waals surface area contributed by atoms with Gasteiger partial charge in [0.1, 0.15) is 0 Å². The minimum Gasteiger partial charge on any atom is -0.392 e. The lowest BCUT2D eigenvalue weighted by molar-refractivity contribution is -0.135. The van der Waals surface area contributed by atoms with Crippen LogP contribution in [0.25, 0.3) is 0 Å². The number of carbonyl (C=O) groups excluding carboxylic acids is 2. The highest BCUT2D eigenvalue weighted by molar-refractivity contribution is 5.80. The van der Waals surface area contributed by atoms with Crippen LogP contribution < -0.4 is 5.32 Å². The van der Waals surface area contributed by atoms with Gasteiger partial charge >= 0.3 is 0 Å². The second kappa shape index (κ2) is 8.67. The third kappa shape index (κ3) is 5.67. The highest BCUT2D eigenvalue weighted by Crippen LogP contribution is 2.18. The number of nitrogens with zero attached hydrogens (tertiary/aromatic N) is 1. The third-order valence-electron chi connectivity index (χ3n) is 4.26. The van der Waals surface area contributed by atoms with E-state index in [1.165, 1.54) is 5.56 Å². The molecule has 1 aromatic rings. The fourth-order valence-electron chi connectivity index (χ4n) is 2.84. The van der Waals surface area contributed by atoms with Gasteiger partial charge in [0.15, 0.2) is 0 Å². The number of likely N-dealkylation sites (tertiary alicyclic amines) is 1. The molecule has 5 heteroatoms. The minimum absolute atomic E-state index is 0.0118. The number of benzene rings is 1. The molecule has 126 valence electrons. The molecule has 2 amide bonds. The number of aliphatic hydroxyl groups excluding tert-OH is 1. The summed E-state index contributed by atoms with van der Waals surface area (Å²) in [5.74, 6) is 0.103. The summed E-state index contributed by atoms with van der Waals surface area (Å²) in [6.07, 6.45) is 2.14. The Hall–Kier alpha value is -1.88. The fourth-order valence-corrected chi connectivity index (χ4v) is 2.84. The van der Waals surface area contributed by atoms with E-state index in [1.807, 2.05) is 35.2 Å². The van der Waals surface area contributed by atoms with Gasteiger partial charge in [-0.05, 0) is 31.7 Å². The number of carbonyl (C=O) groups is 2. The van der Waals surface area contributed by atoms with Crippen LogP contribution in [0.2, 0.25) is 0 Å². The lowest BCUT2D eigenvalue weighted by Gasteiger charge is -2.31. The van der Waals surface area contributed by atoms with Crippen molar-refractivity contribution in [3.05, 3.63) is 35.9 Å². The Balaban J connectivity index is 1.71. The zero-order valence-electron chi connectivity index (χ0n) is 13.7. The Morgan fingerprint density at radius 1 is 1.26 bits per heavy atom. The maximum absolute atomic E-state index is 12.3. The summed E-state index contributed by atoms with van der Waals surface area (Å²) in [7, 11) is 0. The number of aryl methyl sites for hydroxylation is 1. The molecule has 1 aliphatic heterocycles. The van der Waals surface area contributed by atoms with Gasteiger partial charge in [0.2, 0.25) is 11.8 Å². The summed E-state index contributed by atoms with van der Waals surface area (Å²) in [4.78, 5) is 26.1. The standard InChI is InChI=1S/C18H26N2O3/c1-14(21)13-19-18(23)16-9-11-20(12-10-16)17(22)8-7-15-5-3-2-4-6-15/h2-6,14,16,21H,7-13H2,1H3,(H,19,23). The third-order valence-corrected chi connectivity index (χ3v) is 4.26. The largest absolute Gasteiger partial charge is 0.392 e. The van der Waals surface area contributed by atoms with Crippen LogP contribution in [0.5, 0.6) is 0 Å². The molecule has 0 aliphatic carbocycles. The van der Waals surface area contributed by atoms with E-state index in [2.05, 4.69) is 5.32 Å².